The Morgan fingerprint density at radius 1 is 1.43 bits per heavy atom. The Kier molecular flexibility index (Phi) is 5.22. The zero-order valence-electron chi connectivity index (χ0n) is 12.9. The summed E-state index contributed by atoms with van der Waals surface area (Å²) < 4.78 is 5.45. The van der Waals surface area contributed by atoms with Crippen LogP contribution in [0.15, 0.2) is 24.3 Å². The monoisotopic (exact) mass is 288 g/mol. The third kappa shape index (κ3) is 4.45. The molecule has 1 saturated heterocycles. The Balaban J connectivity index is 1.93. The number of aliphatic hydroxyl groups excluding tert-OH is 1. The molecular weight excluding hydrogens is 264 g/mol. The maximum atomic E-state index is 9.51. The Morgan fingerprint density at radius 2 is 2.14 bits per heavy atom. The van der Waals surface area contributed by atoms with E-state index in [-0.39, 0.29) is 12.0 Å². The van der Waals surface area contributed by atoms with Crippen molar-refractivity contribution in [2.24, 2.45) is 5.41 Å². The Hall–Kier alpha value is -1.57. The SMILES string of the molecule is CC(C#N)Oc1ccc(CN2CCCC(C)(CO)C2)cc1. The lowest BCUT2D eigenvalue weighted by Gasteiger charge is -2.39. The van der Waals surface area contributed by atoms with E-state index in [4.69, 9.17) is 10.00 Å². The van der Waals surface area contributed by atoms with E-state index in [1.165, 1.54) is 5.56 Å². The molecule has 2 unspecified atom stereocenters. The molecule has 21 heavy (non-hydrogen) atoms. The first kappa shape index (κ1) is 15.8. The molecule has 1 aliphatic rings. The average Bonchev–Trinajstić information content (AvgIpc) is 2.49. The van der Waals surface area contributed by atoms with Crippen LogP contribution >= 0.6 is 0 Å². The molecule has 114 valence electrons. The molecule has 0 bridgehead atoms. The van der Waals surface area contributed by atoms with E-state index in [2.05, 4.69) is 17.9 Å². The maximum Gasteiger partial charge on any atom is 0.181 e. The minimum absolute atomic E-state index is 0.0313. The molecule has 1 aromatic rings. The summed E-state index contributed by atoms with van der Waals surface area (Å²) in [7, 11) is 0. The predicted octanol–water partition coefficient (Wildman–Crippen LogP) is 2.57. The van der Waals surface area contributed by atoms with E-state index >= 15 is 0 Å². The lowest BCUT2D eigenvalue weighted by atomic mass is 9.82. The van der Waals surface area contributed by atoms with Crippen molar-refractivity contribution in [1.82, 2.24) is 4.90 Å². The summed E-state index contributed by atoms with van der Waals surface area (Å²) in [4.78, 5) is 2.40. The molecule has 0 spiro atoms. The van der Waals surface area contributed by atoms with Crippen LogP contribution < -0.4 is 4.74 Å². The Bertz CT molecular complexity index is 495. The molecule has 1 heterocycles. The van der Waals surface area contributed by atoms with Gasteiger partial charge in [0.25, 0.3) is 0 Å². The Morgan fingerprint density at radius 3 is 2.76 bits per heavy atom. The molecule has 1 aromatic carbocycles. The first-order chi connectivity index (χ1) is 10.0. The van der Waals surface area contributed by atoms with Gasteiger partial charge in [-0.25, -0.2) is 0 Å². The minimum Gasteiger partial charge on any atom is -0.476 e. The number of likely N-dealkylation sites (tertiary alicyclic amines) is 1. The number of benzene rings is 1. The van der Waals surface area contributed by atoms with Gasteiger partial charge >= 0.3 is 0 Å². The van der Waals surface area contributed by atoms with Crippen LogP contribution in [0.5, 0.6) is 5.75 Å². The largest absolute Gasteiger partial charge is 0.476 e. The number of hydrogen-bond acceptors (Lipinski definition) is 4. The summed E-state index contributed by atoms with van der Waals surface area (Å²) in [5.41, 5.74) is 1.26. The number of nitriles is 1. The summed E-state index contributed by atoms with van der Waals surface area (Å²) in [6.45, 7) is 7.05. The van der Waals surface area contributed by atoms with Crippen LogP contribution in [-0.4, -0.2) is 35.8 Å². The highest BCUT2D eigenvalue weighted by Crippen LogP contribution is 2.29. The molecule has 4 nitrogen and oxygen atoms in total. The molecule has 0 amide bonds. The van der Waals surface area contributed by atoms with Crippen LogP contribution in [0.25, 0.3) is 0 Å². The second-order valence-electron chi connectivity index (χ2n) is 6.32. The summed E-state index contributed by atoms with van der Waals surface area (Å²) in [6.07, 6.45) is 1.81. The van der Waals surface area contributed by atoms with Crippen molar-refractivity contribution in [3.8, 4) is 11.8 Å². The van der Waals surface area contributed by atoms with E-state index in [9.17, 15) is 5.11 Å². The number of ether oxygens (including phenoxy) is 1. The quantitative estimate of drug-likeness (QED) is 0.904. The van der Waals surface area contributed by atoms with E-state index < -0.39 is 6.10 Å². The third-order valence-corrected chi connectivity index (χ3v) is 4.07. The van der Waals surface area contributed by atoms with Gasteiger partial charge in [-0.15, -0.1) is 0 Å². The van der Waals surface area contributed by atoms with Gasteiger partial charge in [-0.3, -0.25) is 4.90 Å². The molecule has 0 aromatic heterocycles. The van der Waals surface area contributed by atoms with Gasteiger partial charge in [0.05, 0.1) is 0 Å². The first-order valence-corrected chi connectivity index (χ1v) is 7.53. The number of rotatable bonds is 5. The number of piperidine rings is 1. The highest BCUT2D eigenvalue weighted by molar-refractivity contribution is 5.27. The van der Waals surface area contributed by atoms with Crippen molar-refractivity contribution in [3.05, 3.63) is 29.8 Å². The molecule has 1 N–H and O–H groups in total. The van der Waals surface area contributed by atoms with E-state index in [1.807, 2.05) is 24.3 Å². The molecule has 1 aliphatic heterocycles. The van der Waals surface area contributed by atoms with Gasteiger partial charge in [-0.2, -0.15) is 5.26 Å². The molecule has 0 saturated carbocycles. The van der Waals surface area contributed by atoms with Gasteiger partial charge in [-0.1, -0.05) is 19.1 Å². The van der Waals surface area contributed by atoms with E-state index in [0.29, 0.717) is 0 Å². The van der Waals surface area contributed by atoms with Crippen LogP contribution in [0.1, 0.15) is 32.3 Å². The van der Waals surface area contributed by atoms with Crippen molar-refractivity contribution >= 4 is 0 Å². The van der Waals surface area contributed by atoms with E-state index in [1.54, 1.807) is 6.92 Å². The number of nitrogens with zero attached hydrogens (tertiary/aromatic N) is 2. The standard InChI is InChI=1S/C17H24N2O2/c1-14(10-18)21-16-6-4-15(5-7-16)11-19-9-3-8-17(2,12-19)13-20/h4-7,14,20H,3,8-9,11-13H2,1-2H3. The molecule has 2 atom stereocenters. The zero-order chi connectivity index (χ0) is 15.3. The number of hydrogen-bond donors (Lipinski definition) is 1. The van der Waals surface area contributed by atoms with Gasteiger partial charge in [0.2, 0.25) is 0 Å². The topological polar surface area (TPSA) is 56.5 Å². The van der Waals surface area contributed by atoms with Crippen LogP contribution in [-0.2, 0) is 6.54 Å². The summed E-state index contributed by atoms with van der Waals surface area (Å²) >= 11 is 0. The van der Waals surface area contributed by atoms with Crippen molar-refractivity contribution in [1.29, 1.82) is 5.26 Å². The molecule has 0 aliphatic carbocycles. The average molecular weight is 288 g/mol. The van der Waals surface area contributed by atoms with Gasteiger partial charge in [0.15, 0.2) is 6.10 Å². The van der Waals surface area contributed by atoms with Crippen molar-refractivity contribution in [2.45, 2.75) is 39.3 Å². The van der Waals surface area contributed by atoms with Gasteiger partial charge in [-0.05, 0) is 44.0 Å². The second kappa shape index (κ2) is 6.93. The molecule has 2 rings (SSSR count). The minimum atomic E-state index is -0.428. The first-order valence-electron chi connectivity index (χ1n) is 7.53. The van der Waals surface area contributed by atoms with Gasteiger partial charge < -0.3 is 9.84 Å². The molecular formula is C17H24N2O2. The fraction of sp³-hybridized carbons (Fsp3) is 0.588. The van der Waals surface area contributed by atoms with Crippen molar-refractivity contribution in [2.75, 3.05) is 19.7 Å². The van der Waals surface area contributed by atoms with Crippen molar-refractivity contribution in [3.63, 3.8) is 0 Å². The van der Waals surface area contributed by atoms with Crippen LogP contribution in [0.2, 0.25) is 0 Å². The van der Waals surface area contributed by atoms with E-state index in [0.717, 1.165) is 38.2 Å². The van der Waals surface area contributed by atoms with Crippen LogP contribution in [0.4, 0.5) is 0 Å². The van der Waals surface area contributed by atoms with Crippen molar-refractivity contribution < 1.29 is 9.84 Å². The summed E-state index contributed by atoms with van der Waals surface area (Å²) in [5, 5.41) is 18.2. The smallest absolute Gasteiger partial charge is 0.181 e. The number of aliphatic hydroxyl groups is 1. The van der Waals surface area contributed by atoms with Gasteiger partial charge in [0, 0.05) is 25.1 Å². The lowest BCUT2D eigenvalue weighted by molar-refractivity contribution is 0.0429. The summed E-state index contributed by atoms with van der Waals surface area (Å²) in [6, 6.07) is 9.98. The molecule has 4 heteroatoms. The predicted molar refractivity (Wildman–Crippen MR) is 81.8 cm³/mol. The lowest BCUT2D eigenvalue weighted by Crippen LogP contribution is -2.43. The molecule has 0 radical (unpaired) electrons. The Labute approximate surface area is 127 Å². The highest BCUT2D eigenvalue weighted by Gasteiger charge is 2.30. The highest BCUT2D eigenvalue weighted by atomic mass is 16.5. The zero-order valence-corrected chi connectivity index (χ0v) is 12.9. The fourth-order valence-corrected chi connectivity index (χ4v) is 2.85. The fourth-order valence-electron chi connectivity index (χ4n) is 2.85. The second-order valence-corrected chi connectivity index (χ2v) is 6.32. The third-order valence-electron chi connectivity index (χ3n) is 4.07. The maximum absolute atomic E-state index is 9.51. The molecule has 1 fully saturated rings. The normalized spacial score (nSPS) is 24.3. The van der Waals surface area contributed by atoms with Crippen LogP contribution in [0.3, 0.4) is 0 Å². The van der Waals surface area contributed by atoms with Crippen LogP contribution in [0, 0.1) is 16.7 Å². The van der Waals surface area contributed by atoms with Gasteiger partial charge in [0.1, 0.15) is 11.8 Å². The summed E-state index contributed by atoms with van der Waals surface area (Å²) in [5.74, 6) is 0.728.